The van der Waals surface area contributed by atoms with Crippen LogP contribution in [-0.4, -0.2) is 75.7 Å². The van der Waals surface area contributed by atoms with Crippen molar-refractivity contribution in [2.75, 3.05) is 19.8 Å². The lowest BCUT2D eigenvalue weighted by atomic mass is 9.62. The minimum absolute atomic E-state index is 0.0769. The van der Waals surface area contributed by atoms with E-state index in [0.717, 1.165) is 18.4 Å². The van der Waals surface area contributed by atoms with Gasteiger partial charge in [0.2, 0.25) is 11.8 Å². The van der Waals surface area contributed by atoms with E-state index >= 15 is 0 Å². The Morgan fingerprint density at radius 1 is 1.24 bits per heavy atom. The molecule has 2 amide bonds. The van der Waals surface area contributed by atoms with E-state index < -0.39 is 41.1 Å². The molecule has 3 unspecified atom stereocenters. The first kappa shape index (κ1) is 32.0. The number of rotatable bonds is 15. The molecule has 1 aromatic carbocycles. The van der Waals surface area contributed by atoms with E-state index in [1.165, 1.54) is 0 Å². The Kier molecular flexibility index (Phi) is 9.99. The Bertz CT molecular complexity index is 1160. The highest BCUT2D eigenvalue weighted by Gasteiger charge is 2.80. The summed E-state index contributed by atoms with van der Waals surface area (Å²) in [5, 5.41) is 10.6. The highest BCUT2D eigenvalue weighted by atomic mass is 16.6. The van der Waals surface area contributed by atoms with Crippen molar-refractivity contribution in [3.8, 4) is 0 Å². The molecule has 3 fully saturated rings. The van der Waals surface area contributed by atoms with E-state index in [2.05, 4.69) is 13.2 Å². The van der Waals surface area contributed by atoms with Gasteiger partial charge in [0, 0.05) is 13.1 Å². The Balaban J connectivity index is 1.76. The number of unbranched alkanes of at least 4 members (excludes halogenated alkanes) is 2. The maximum atomic E-state index is 14.7. The van der Waals surface area contributed by atoms with Crippen LogP contribution in [0.15, 0.2) is 55.6 Å². The van der Waals surface area contributed by atoms with Crippen molar-refractivity contribution in [3.05, 3.63) is 61.2 Å². The number of benzene rings is 1. The smallest absolute Gasteiger partial charge is 0.312 e. The summed E-state index contributed by atoms with van der Waals surface area (Å²) in [5.41, 5.74) is -1.20. The predicted molar refractivity (Wildman–Crippen MR) is 161 cm³/mol. The summed E-state index contributed by atoms with van der Waals surface area (Å²) in [6.07, 6.45) is 7.08. The molecular weight excluding hydrogens is 532 g/mol. The molecule has 1 aromatic rings. The Hall–Kier alpha value is -2.97. The number of fused-ring (bicyclic) bond motifs is 1. The van der Waals surface area contributed by atoms with Gasteiger partial charge in [0.25, 0.3) is 0 Å². The van der Waals surface area contributed by atoms with Crippen molar-refractivity contribution in [3.63, 3.8) is 0 Å². The summed E-state index contributed by atoms with van der Waals surface area (Å²) < 4.78 is 12.6. The van der Waals surface area contributed by atoms with Gasteiger partial charge in [0.15, 0.2) is 0 Å². The van der Waals surface area contributed by atoms with Gasteiger partial charge in [0.05, 0.1) is 30.8 Å². The van der Waals surface area contributed by atoms with Gasteiger partial charge in [-0.3, -0.25) is 14.4 Å². The zero-order chi connectivity index (χ0) is 30.7. The zero-order valence-electron chi connectivity index (χ0n) is 25.7. The van der Waals surface area contributed by atoms with E-state index in [0.29, 0.717) is 25.8 Å². The molecule has 0 saturated carbocycles. The fraction of sp³-hybridized carbons (Fsp3) is 0.618. The van der Waals surface area contributed by atoms with E-state index in [9.17, 15) is 19.5 Å². The third kappa shape index (κ3) is 5.44. The number of hydrogen-bond acceptors (Lipinski definition) is 6. The van der Waals surface area contributed by atoms with Gasteiger partial charge in [-0.25, -0.2) is 0 Å². The topological polar surface area (TPSA) is 96.4 Å². The number of carbonyl (C=O) groups excluding carboxylic acids is 3. The van der Waals surface area contributed by atoms with Crippen LogP contribution in [0.5, 0.6) is 0 Å². The second-order valence-corrected chi connectivity index (χ2v) is 12.5. The quantitative estimate of drug-likeness (QED) is 0.186. The highest BCUT2D eigenvalue weighted by molar-refractivity contribution is 5.98. The van der Waals surface area contributed by atoms with Gasteiger partial charge in [-0.2, -0.15) is 0 Å². The molecular formula is C34H48N2O6. The summed E-state index contributed by atoms with van der Waals surface area (Å²) in [7, 11) is 0. The summed E-state index contributed by atoms with van der Waals surface area (Å²) in [5.74, 6) is -2.89. The SMILES string of the molecule is C=CCCCCOC(=O)[C@@H]1[C@H]2C(=O)N([C@@H](CO)[C@@H](C)CC)C(C(=O)N(CC=C)Cc3ccccc3)C23CC(C)[C@@]1(C)O3. The molecule has 230 valence electrons. The molecule has 8 atom stereocenters. The van der Waals surface area contributed by atoms with Gasteiger partial charge < -0.3 is 24.4 Å². The maximum absolute atomic E-state index is 14.7. The number of amides is 2. The van der Waals surface area contributed by atoms with Crippen LogP contribution >= 0.6 is 0 Å². The third-order valence-corrected chi connectivity index (χ3v) is 10.0. The van der Waals surface area contributed by atoms with Crippen molar-refractivity contribution in [2.24, 2.45) is 23.7 Å². The van der Waals surface area contributed by atoms with Crippen LogP contribution in [0, 0.1) is 23.7 Å². The van der Waals surface area contributed by atoms with Crippen LogP contribution in [0.3, 0.4) is 0 Å². The minimum atomic E-state index is -1.20. The largest absolute Gasteiger partial charge is 0.465 e. The molecule has 4 rings (SSSR count). The summed E-state index contributed by atoms with van der Waals surface area (Å²) in [6.45, 7) is 16.1. The number of hydrogen-bond donors (Lipinski definition) is 1. The molecule has 2 bridgehead atoms. The molecule has 1 spiro atoms. The lowest BCUT2D eigenvalue weighted by Gasteiger charge is -2.41. The van der Waals surface area contributed by atoms with Crippen molar-refractivity contribution >= 4 is 17.8 Å². The van der Waals surface area contributed by atoms with Gasteiger partial charge in [-0.1, -0.05) is 69.7 Å². The maximum Gasteiger partial charge on any atom is 0.312 e. The molecule has 0 aliphatic carbocycles. The first-order chi connectivity index (χ1) is 20.1. The standard InChI is InChI=1S/C34H48N2O6/c1-7-10-11-15-19-41-32(40)28-27-30(38)36(26(22-37)23(4)9-3)29(34(27)20-24(5)33(28,6)42-34)31(39)35(18-8-2)21-25-16-13-12-14-17-25/h7-8,12-14,16-17,23-24,26-29,37H,1-2,9-11,15,18-22H2,3-6H3/t23-,24?,26-,27-,28-,29?,33+,34?/m0/s1. The van der Waals surface area contributed by atoms with Crippen molar-refractivity contribution in [1.82, 2.24) is 9.80 Å². The third-order valence-electron chi connectivity index (χ3n) is 10.0. The van der Waals surface area contributed by atoms with Crippen LogP contribution in [0.1, 0.15) is 65.4 Å². The molecule has 1 N–H and O–H groups in total. The zero-order valence-corrected chi connectivity index (χ0v) is 25.7. The van der Waals surface area contributed by atoms with Crippen LogP contribution < -0.4 is 0 Å². The number of aliphatic hydroxyl groups is 1. The Morgan fingerprint density at radius 3 is 2.57 bits per heavy atom. The Morgan fingerprint density at radius 2 is 1.95 bits per heavy atom. The molecule has 0 radical (unpaired) electrons. The normalized spacial score (nSPS) is 31.0. The van der Waals surface area contributed by atoms with E-state index in [1.807, 2.05) is 64.1 Å². The molecule has 8 heteroatoms. The first-order valence-electron chi connectivity index (χ1n) is 15.5. The number of esters is 1. The fourth-order valence-corrected chi connectivity index (χ4v) is 7.50. The number of ether oxygens (including phenoxy) is 2. The van der Waals surface area contributed by atoms with E-state index in [1.54, 1.807) is 15.9 Å². The molecule has 42 heavy (non-hydrogen) atoms. The van der Waals surface area contributed by atoms with Gasteiger partial charge in [0.1, 0.15) is 17.6 Å². The minimum Gasteiger partial charge on any atom is -0.465 e. The van der Waals surface area contributed by atoms with Crippen molar-refractivity contribution < 1.29 is 29.0 Å². The lowest BCUT2D eigenvalue weighted by molar-refractivity contribution is -0.164. The van der Waals surface area contributed by atoms with Crippen LogP contribution in [0.2, 0.25) is 0 Å². The number of allylic oxidation sites excluding steroid dienone is 1. The van der Waals surface area contributed by atoms with Crippen molar-refractivity contribution in [2.45, 2.75) is 89.6 Å². The monoisotopic (exact) mass is 580 g/mol. The lowest BCUT2D eigenvalue weighted by Crippen LogP contribution is -2.59. The average molecular weight is 581 g/mol. The molecule has 3 heterocycles. The van der Waals surface area contributed by atoms with Gasteiger partial charge >= 0.3 is 5.97 Å². The number of carbonyl (C=O) groups is 3. The van der Waals surface area contributed by atoms with Crippen molar-refractivity contribution in [1.29, 1.82) is 0 Å². The van der Waals surface area contributed by atoms with Gasteiger partial charge in [-0.15, -0.1) is 13.2 Å². The summed E-state index contributed by atoms with van der Waals surface area (Å²) in [6, 6.07) is 8.11. The molecule has 3 saturated heterocycles. The fourth-order valence-electron chi connectivity index (χ4n) is 7.50. The number of likely N-dealkylation sites (tertiary alicyclic amines) is 1. The second kappa shape index (κ2) is 13.1. The van der Waals surface area contributed by atoms with Crippen LogP contribution in [0.25, 0.3) is 0 Å². The number of nitrogens with zero attached hydrogens (tertiary/aromatic N) is 2. The molecule has 0 aromatic heterocycles. The summed E-state index contributed by atoms with van der Waals surface area (Å²) in [4.78, 5) is 46.3. The first-order valence-corrected chi connectivity index (χ1v) is 15.5. The van der Waals surface area contributed by atoms with Crippen LogP contribution in [-0.2, 0) is 30.4 Å². The van der Waals surface area contributed by atoms with Gasteiger partial charge in [-0.05, 0) is 50.0 Å². The Labute approximate surface area is 250 Å². The van der Waals surface area contributed by atoms with Crippen LogP contribution in [0.4, 0.5) is 0 Å². The average Bonchev–Trinajstić information content (AvgIpc) is 3.49. The summed E-state index contributed by atoms with van der Waals surface area (Å²) >= 11 is 0. The molecule has 3 aliphatic rings. The molecule has 8 nitrogen and oxygen atoms in total. The van der Waals surface area contributed by atoms with E-state index in [4.69, 9.17) is 9.47 Å². The highest BCUT2D eigenvalue weighted by Crippen LogP contribution is 2.66. The predicted octanol–water partition coefficient (Wildman–Crippen LogP) is 4.52. The second-order valence-electron chi connectivity index (χ2n) is 12.5. The molecule has 3 aliphatic heterocycles. The van der Waals surface area contributed by atoms with E-state index in [-0.39, 0.29) is 43.4 Å². The number of aliphatic hydroxyl groups excluding tert-OH is 1.